The fraction of sp³-hybridized carbons (Fsp3) is 0.562. The quantitative estimate of drug-likeness (QED) is 0.740. The van der Waals surface area contributed by atoms with Crippen LogP contribution in [-0.2, 0) is 9.53 Å². The Kier molecular flexibility index (Phi) is 6.30. The van der Waals surface area contributed by atoms with E-state index in [1.807, 2.05) is 17.9 Å². The summed E-state index contributed by atoms with van der Waals surface area (Å²) in [6.45, 7) is 4.07. The highest BCUT2D eigenvalue weighted by Crippen LogP contribution is 2.31. The first kappa shape index (κ1) is 16.9. The molecule has 2 N–H and O–H groups in total. The van der Waals surface area contributed by atoms with Crippen molar-refractivity contribution in [1.82, 2.24) is 10.2 Å². The van der Waals surface area contributed by atoms with Gasteiger partial charge in [0.25, 0.3) is 0 Å². The predicted molar refractivity (Wildman–Crippen MR) is 80.8 cm³/mol. The number of ether oxygens (including phenoxy) is 1. The van der Waals surface area contributed by atoms with Crippen LogP contribution >= 0.6 is 0 Å². The number of likely N-dealkylation sites (tertiary alicyclic amines) is 1. The second-order valence-electron chi connectivity index (χ2n) is 5.44. The highest BCUT2D eigenvalue weighted by molar-refractivity contribution is 5.78. The molecule has 2 rings (SSSR count). The molecule has 1 heterocycles. The first-order valence-corrected chi connectivity index (χ1v) is 7.62. The number of amides is 1. The van der Waals surface area contributed by atoms with Gasteiger partial charge in [0.15, 0.2) is 0 Å². The van der Waals surface area contributed by atoms with Gasteiger partial charge in [0.05, 0.1) is 19.3 Å². The van der Waals surface area contributed by atoms with Crippen LogP contribution in [0.25, 0.3) is 0 Å². The van der Waals surface area contributed by atoms with Crippen LogP contribution in [-0.4, -0.2) is 54.9 Å². The normalized spacial score (nSPS) is 22.0. The summed E-state index contributed by atoms with van der Waals surface area (Å²) in [6.07, 6.45) is 0.0138. The molecule has 0 bridgehead atoms. The second kappa shape index (κ2) is 8.22. The van der Waals surface area contributed by atoms with Gasteiger partial charge in [-0.2, -0.15) is 0 Å². The minimum atomic E-state index is -0.496. The van der Waals surface area contributed by atoms with E-state index in [1.54, 1.807) is 6.07 Å². The molecule has 1 fully saturated rings. The number of rotatable bonds is 7. The van der Waals surface area contributed by atoms with Gasteiger partial charge >= 0.3 is 0 Å². The lowest BCUT2D eigenvalue weighted by molar-refractivity contribution is -0.122. The average Bonchev–Trinajstić information content (AvgIpc) is 2.84. The lowest BCUT2D eigenvalue weighted by Gasteiger charge is -2.23. The summed E-state index contributed by atoms with van der Waals surface area (Å²) >= 11 is 0. The number of carbonyl (C=O) groups excluding carboxylic acids is 1. The minimum absolute atomic E-state index is 0.116. The van der Waals surface area contributed by atoms with Crippen LogP contribution in [0.15, 0.2) is 24.3 Å². The summed E-state index contributed by atoms with van der Waals surface area (Å²) in [5, 5.41) is 12.7. The Labute approximate surface area is 130 Å². The Bertz CT molecular complexity index is 498. The van der Waals surface area contributed by atoms with Gasteiger partial charge < -0.3 is 15.2 Å². The third-order valence-electron chi connectivity index (χ3n) is 3.73. The zero-order valence-electron chi connectivity index (χ0n) is 12.8. The molecule has 1 saturated heterocycles. The third-order valence-corrected chi connectivity index (χ3v) is 3.73. The third kappa shape index (κ3) is 4.76. The molecule has 0 saturated carbocycles. The van der Waals surface area contributed by atoms with Crippen molar-refractivity contribution >= 4 is 5.91 Å². The molecule has 1 aromatic rings. The van der Waals surface area contributed by atoms with Crippen molar-refractivity contribution in [1.29, 1.82) is 0 Å². The van der Waals surface area contributed by atoms with Crippen molar-refractivity contribution in [3.05, 3.63) is 35.6 Å². The highest BCUT2D eigenvalue weighted by Gasteiger charge is 2.33. The van der Waals surface area contributed by atoms with E-state index < -0.39 is 6.10 Å². The SMILES string of the molecule is CCOCCNC(=O)CN1CC(O)CC1c1cccc(F)c1. The van der Waals surface area contributed by atoms with E-state index in [1.165, 1.54) is 12.1 Å². The molecule has 0 aliphatic carbocycles. The van der Waals surface area contributed by atoms with Crippen LogP contribution in [0.1, 0.15) is 24.9 Å². The van der Waals surface area contributed by atoms with Crippen molar-refractivity contribution in [2.75, 3.05) is 32.8 Å². The van der Waals surface area contributed by atoms with E-state index in [-0.39, 0.29) is 24.3 Å². The molecule has 122 valence electrons. The number of nitrogens with one attached hydrogen (secondary N) is 1. The van der Waals surface area contributed by atoms with Crippen LogP contribution in [0.5, 0.6) is 0 Å². The summed E-state index contributed by atoms with van der Waals surface area (Å²) in [5.74, 6) is -0.421. The minimum Gasteiger partial charge on any atom is -0.392 e. The van der Waals surface area contributed by atoms with Crippen LogP contribution in [0.2, 0.25) is 0 Å². The molecule has 0 radical (unpaired) electrons. The summed E-state index contributed by atoms with van der Waals surface area (Å²) in [4.78, 5) is 13.8. The second-order valence-corrected chi connectivity index (χ2v) is 5.44. The first-order valence-electron chi connectivity index (χ1n) is 7.62. The smallest absolute Gasteiger partial charge is 0.234 e. The molecule has 0 spiro atoms. The molecule has 2 atom stereocenters. The highest BCUT2D eigenvalue weighted by atomic mass is 19.1. The molecule has 1 aliphatic rings. The standard InChI is InChI=1S/C16H23FN2O3/c1-2-22-7-6-18-16(21)11-19-10-14(20)9-15(19)12-4-3-5-13(17)8-12/h3-5,8,14-15,20H,2,6-7,9-11H2,1H3,(H,18,21). The summed E-state index contributed by atoms with van der Waals surface area (Å²) in [7, 11) is 0. The van der Waals surface area contributed by atoms with Crippen LogP contribution in [0.3, 0.4) is 0 Å². The molecule has 2 unspecified atom stereocenters. The molecule has 6 heteroatoms. The van der Waals surface area contributed by atoms with Gasteiger partial charge in [-0.25, -0.2) is 4.39 Å². The topological polar surface area (TPSA) is 61.8 Å². The van der Waals surface area contributed by atoms with E-state index in [0.717, 1.165) is 5.56 Å². The number of hydrogen-bond donors (Lipinski definition) is 2. The van der Waals surface area contributed by atoms with E-state index in [0.29, 0.717) is 32.7 Å². The number of halogens is 1. The lowest BCUT2D eigenvalue weighted by Crippen LogP contribution is -2.38. The maximum atomic E-state index is 13.4. The maximum absolute atomic E-state index is 13.4. The zero-order chi connectivity index (χ0) is 15.9. The number of β-amino-alcohol motifs (C(OH)–C–C–N with tert-alkyl or cyclic N) is 1. The fourth-order valence-electron chi connectivity index (χ4n) is 2.76. The van der Waals surface area contributed by atoms with Crippen molar-refractivity contribution in [2.24, 2.45) is 0 Å². The largest absolute Gasteiger partial charge is 0.392 e. The Morgan fingerprint density at radius 3 is 3.09 bits per heavy atom. The van der Waals surface area contributed by atoms with Crippen LogP contribution in [0, 0.1) is 5.82 Å². The fourth-order valence-corrected chi connectivity index (χ4v) is 2.76. The summed E-state index contributed by atoms with van der Waals surface area (Å²) < 4.78 is 18.5. The summed E-state index contributed by atoms with van der Waals surface area (Å²) in [5.41, 5.74) is 0.790. The molecule has 5 nitrogen and oxygen atoms in total. The molecular formula is C16H23FN2O3. The van der Waals surface area contributed by atoms with Gasteiger partial charge in [0.1, 0.15) is 5.82 Å². The van der Waals surface area contributed by atoms with Crippen molar-refractivity contribution in [3.63, 3.8) is 0 Å². The lowest BCUT2D eigenvalue weighted by atomic mass is 10.0. The zero-order valence-corrected chi connectivity index (χ0v) is 12.8. The molecule has 1 amide bonds. The van der Waals surface area contributed by atoms with E-state index in [4.69, 9.17) is 4.74 Å². The number of hydrogen-bond acceptors (Lipinski definition) is 4. The van der Waals surface area contributed by atoms with Gasteiger partial charge in [0, 0.05) is 25.7 Å². The molecule has 0 aromatic heterocycles. The van der Waals surface area contributed by atoms with Crippen molar-refractivity contribution in [2.45, 2.75) is 25.5 Å². The van der Waals surface area contributed by atoms with Crippen molar-refractivity contribution < 1.29 is 19.0 Å². The number of carbonyl (C=O) groups is 1. The number of aliphatic hydroxyl groups is 1. The number of nitrogens with zero attached hydrogens (tertiary/aromatic N) is 1. The number of aliphatic hydroxyl groups excluding tert-OH is 1. The number of benzene rings is 1. The van der Waals surface area contributed by atoms with E-state index in [9.17, 15) is 14.3 Å². The average molecular weight is 310 g/mol. The molecular weight excluding hydrogens is 287 g/mol. The Hall–Kier alpha value is -1.50. The van der Waals surface area contributed by atoms with Crippen LogP contribution in [0.4, 0.5) is 4.39 Å². The Balaban J connectivity index is 1.92. The van der Waals surface area contributed by atoms with Crippen LogP contribution < -0.4 is 5.32 Å². The summed E-state index contributed by atoms with van der Waals surface area (Å²) in [6, 6.07) is 6.19. The molecule has 1 aromatic carbocycles. The molecule has 22 heavy (non-hydrogen) atoms. The monoisotopic (exact) mass is 310 g/mol. The van der Waals surface area contributed by atoms with Gasteiger partial charge in [-0.15, -0.1) is 0 Å². The van der Waals surface area contributed by atoms with Gasteiger partial charge in [-0.1, -0.05) is 12.1 Å². The molecule has 1 aliphatic heterocycles. The van der Waals surface area contributed by atoms with Gasteiger partial charge in [-0.3, -0.25) is 9.69 Å². The Morgan fingerprint density at radius 2 is 2.36 bits per heavy atom. The predicted octanol–water partition coefficient (Wildman–Crippen LogP) is 1.09. The Morgan fingerprint density at radius 1 is 1.55 bits per heavy atom. The van der Waals surface area contributed by atoms with Crippen molar-refractivity contribution in [3.8, 4) is 0 Å². The van der Waals surface area contributed by atoms with Gasteiger partial charge in [0.2, 0.25) is 5.91 Å². The van der Waals surface area contributed by atoms with E-state index in [2.05, 4.69) is 5.32 Å². The first-order chi connectivity index (χ1) is 10.6. The van der Waals surface area contributed by atoms with Gasteiger partial charge in [-0.05, 0) is 31.0 Å². The maximum Gasteiger partial charge on any atom is 0.234 e. The van der Waals surface area contributed by atoms with E-state index >= 15 is 0 Å².